The van der Waals surface area contributed by atoms with Crippen molar-refractivity contribution in [2.45, 2.75) is 17.7 Å². The molecule has 0 unspecified atom stereocenters. The second-order valence-corrected chi connectivity index (χ2v) is 6.91. The van der Waals surface area contributed by atoms with Gasteiger partial charge in [-0.1, -0.05) is 35.1 Å². The van der Waals surface area contributed by atoms with E-state index in [0.717, 1.165) is 22.4 Å². The Bertz CT molecular complexity index is 1110. The molecule has 0 atom stereocenters. The molecule has 27 heavy (non-hydrogen) atoms. The van der Waals surface area contributed by atoms with Crippen LogP contribution in [-0.2, 0) is 5.75 Å². The van der Waals surface area contributed by atoms with Gasteiger partial charge in [-0.15, -0.1) is 0 Å². The molecule has 3 heterocycles. The molecule has 4 rings (SSSR count). The standard InChI is InChI=1S/C20H16N4O2S/c1-13-9-16(24-26-13)12-27-20-17(6-4-8-21-20)19(25)23-15-10-14-5-2-3-7-18(14)22-11-15/h2-11H,12H2,1H3,(H,23,25). The molecule has 0 fully saturated rings. The lowest BCUT2D eigenvalue weighted by molar-refractivity contribution is 0.102. The number of carbonyl (C=O) groups is 1. The molecule has 6 nitrogen and oxygen atoms in total. The Balaban J connectivity index is 1.52. The number of nitrogens with one attached hydrogen (secondary N) is 1. The minimum Gasteiger partial charge on any atom is -0.361 e. The predicted molar refractivity (Wildman–Crippen MR) is 105 cm³/mol. The van der Waals surface area contributed by atoms with Crippen LogP contribution in [0.5, 0.6) is 0 Å². The van der Waals surface area contributed by atoms with Crippen molar-refractivity contribution in [2.24, 2.45) is 0 Å². The fourth-order valence-electron chi connectivity index (χ4n) is 2.64. The first-order valence-corrected chi connectivity index (χ1v) is 9.34. The molecule has 134 valence electrons. The zero-order valence-electron chi connectivity index (χ0n) is 14.5. The number of carbonyl (C=O) groups excluding carboxylic acids is 1. The normalized spacial score (nSPS) is 10.9. The van der Waals surface area contributed by atoms with Crippen molar-refractivity contribution in [1.29, 1.82) is 0 Å². The van der Waals surface area contributed by atoms with E-state index in [0.29, 0.717) is 22.0 Å². The van der Waals surface area contributed by atoms with E-state index in [4.69, 9.17) is 4.52 Å². The maximum absolute atomic E-state index is 12.8. The number of nitrogens with zero attached hydrogens (tertiary/aromatic N) is 3. The van der Waals surface area contributed by atoms with Crippen molar-refractivity contribution in [3.8, 4) is 0 Å². The molecule has 3 aromatic heterocycles. The van der Waals surface area contributed by atoms with Gasteiger partial charge in [-0.2, -0.15) is 0 Å². The van der Waals surface area contributed by atoms with Gasteiger partial charge in [-0.3, -0.25) is 9.78 Å². The third-order valence-electron chi connectivity index (χ3n) is 3.90. The summed E-state index contributed by atoms with van der Waals surface area (Å²) in [5, 5.41) is 8.49. The van der Waals surface area contributed by atoms with Crippen LogP contribution in [0.1, 0.15) is 21.8 Å². The molecular formula is C20H16N4O2S. The van der Waals surface area contributed by atoms with E-state index in [2.05, 4.69) is 20.4 Å². The van der Waals surface area contributed by atoms with Crippen LogP contribution in [0.15, 0.2) is 70.5 Å². The lowest BCUT2D eigenvalue weighted by atomic mass is 10.2. The second-order valence-electron chi connectivity index (χ2n) is 5.94. The van der Waals surface area contributed by atoms with Gasteiger partial charge in [0.25, 0.3) is 5.91 Å². The van der Waals surface area contributed by atoms with Crippen molar-refractivity contribution in [3.05, 3.63) is 77.9 Å². The van der Waals surface area contributed by atoms with Gasteiger partial charge in [0.2, 0.25) is 0 Å². The quantitative estimate of drug-likeness (QED) is 0.518. The highest BCUT2D eigenvalue weighted by atomic mass is 32.2. The van der Waals surface area contributed by atoms with E-state index in [1.807, 2.05) is 43.3 Å². The summed E-state index contributed by atoms with van der Waals surface area (Å²) in [7, 11) is 0. The number of amides is 1. The summed E-state index contributed by atoms with van der Waals surface area (Å²) in [6.07, 6.45) is 3.33. The fourth-order valence-corrected chi connectivity index (χ4v) is 3.52. The minimum atomic E-state index is -0.223. The molecular weight excluding hydrogens is 360 g/mol. The van der Waals surface area contributed by atoms with Crippen LogP contribution in [0.4, 0.5) is 5.69 Å². The number of hydrogen-bond donors (Lipinski definition) is 1. The number of aromatic nitrogens is 3. The number of para-hydroxylation sites is 1. The zero-order valence-corrected chi connectivity index (χ0v) is 15.4. The zero-order chi connectivity index (χ0) is 18.6. The predicted octanol–water partition coefficient (Wildman–Crippen LogP) is 4.47. The fraction of sp³-hybridized carbons (Fsp3) is 0.100. The van der Waals surface area contributed by atoms with Crippen LogP contribution in [0.3, 0.4) is 0 Å². The van der Waals surface area contributed by atoms with Crippen LogP contribution in [0.2, 0.25) is 0 Å². The molecule has 0 aliphatic rings. The Morgan fingerprint density at radius 1 is 1.15 bits per heavy atom. The van der Waals surface area contributed by atoms with Crippen molar-refractivity contribution in [2.75, 3.05) is 5.32 Å². The lowest BCUT2D eigenvalue weighted by Crippen LogP contribution is -2.13. The number of rotatable bonds is 5. The summed E-state index contributed by atoms with van der Waals surface area (Å²) in [6.45, 7) is 1.85. The molecule has 0 spiro atoms. The van der Waals surface area contributed by atoms with Crippen LogP contribution >= 0.6 is 11.8 Å². The highest BCUT2D eigenvalue weighted by Gasteiger charge is 2.14. The number of benzene rings is 1. The van der Waals surface area contributed by atoms with E-state index in [9.17, 15) is 4.79 Å². The van der Waals surface area contributed by atoms with Crippen molar-refractivity contribution >= 4 is 34.3 Å². The van der Waals surface area contributed by atoms with Gasteiger partial charge in [0, 0.05) is 23.4 Å². The summed E-state index contributed by atoms with van der Waals surface area (Å²) in [5.41, 5.74) is 2.85. The molecule has 4 aromatic rings. The highest BCUT2D eigenvalue weighted by Crippen LogP contribution is 2.25. The van der Waals surface area contributed by atoms with Crippen molar-refractivity contribution < 1.29 is 9.32 Å². The Morgan fingerprint density at radius 2 is 2.04 bits per heavy atom. The molecule has 0 aliphatic heterocycles. The maximum atomic E-state index is 12.8. The molecule has 1 amide bonds. The number of hydrogen-bond acceptors (Lipinski definition) is 6. The number of fused-ring (bicyclic) bond motifs is 1. The molecule has 1 aromatic carbocycles. The average molecular weight is 376 g/mol. The summed E-state index contributed by atoms with van der Waals surface area (Å²) in [5.74, 6) is 1.11. The molecule has 0 aliphatic carbocycles. The number of pyridine rings is 2. The van der Waals surface area contributed by atoms with Gasteiger partial charge < -0.3 is 9.84 Å². The van der Waals surface area contributed by atoms with Crippen LogP contribution in [0, 0.1) is 6.92 Å². The van der Waals surface area contributed by atoms with Crippen molar-refractivity contribution in [3.63, 3.8) is 0 Å². The van der Waals surface area contributed by atoms with Gasteiger partial charge in [0.05, 0.1) is 28.7 Å². The smallest absolute Gasteiger partial charge is 0.258 e. The highest BCUT2D eigenvalue weighted by molar-refractivity contribution is 7.98. The number of aryl methyl sites for hydroxylation is 1. The SMILES string of the molecule is Cc1cc(CSc2ncccc2C(=O)Nc2cnc3ccccc3c2)no1. The summed E-state index contributed by atoms with van der Waals surface area (Å²) in [6, 6.07) is 15.1. The monoisotopic (exact) mass is 376 g/mol. The topological polar surface area (TPSA) is 80.9 Å². The summed E-state index contributed by atoms with van der Waals surface area (Å²) >= 11 is 1.44. The van der Waals surface area contributed by atoms with Crippen LogP contribution in [-0.4, -0.2) is 21.0 Å². The van der Waals surface area contributed by atoms with Gasteiger partial charge in [-0.05, 0) is 31.2 Å². The first kappa shape index (κ1) is 17.2. The largest absolute Gasteiger partial charge is 0.361 e. The lowest BCUT2D eigenvalue weighted by Gasteiger charge is -2.09. The number of thioether (sulfide) groups is 1. The number of anilines is 1. The van der Waals surface area contributed by atoms with E-state index >= 15 is 0 Å². The van der Waals surface area contributed by atoms with E-state index in [-0.39, 0.29) is 5.91 Å². The van der Waals surface area contributed by atoms with E-state index in [1.54, 1.807) is 24.5 Å². The van der Waals surface area contributed by atoms with E-state index < -0.39 is 0 Å². The van der Waals surface area contributed by atoms with Gasteiger partial charge in [0.1, 0.15) is 10.8 Å². The molecule has 1 N–H and O–H groups in total. The Morgan fingerprint density at radius 3 is 2.89 bits per heavy atom. The van der Waals surface area contributed by atoms with E-state index in [1.165, 1.54) is 11.8 Å². The van der Waals surface area contributed by atoms with Crippen LogP contribution < -0.4 is 5.32 Å². The Hall–Kier alpha value is -3.19. The summed E-state index contributed by atoms with van der Waals surface area (Å²) in [4.78, 5) is 21.5. The molecule has 0 saturated carbocycles. The van der Waals surface area contributed by atoms with Crippen LogP contribution in [0.25, 0.3) is 10.9 Å². The summed E-state index contributed by atoms with van der Waals surface area (Å²) < 4.78 is 5.07. The third kappa shape index (κ3) is 3.98. The average Bonchev–Trinajstić information content (AvgIpc) is 3.11. The van der Waals surface area contributed by atoms with Crippen molar-refractivity contribution in [1.82, 2.24) is 15.1 Å². The van der Waals surface area contributed by atoms with Gasteiger partial charge in [-0.25, -0.2) is 4.98 Å². The first-order valence-electron chi connectivity index (χ1n) is 8.35. The van der Waals surface area contributed by atoms with Gasteiger partial charge >= 0.3 is 0 Å². The maximum Gasteiger partial charge on any atom is 0.258 e. The molecule has 0 bridgehead atoms. The molecule has 7 heteroatoms. The molecule has 0 radical (unpaired) electrons. The third-order valence-corrected chi connectivity index (χ3v) is 4.94. The second kappa shape index (κ2) is 7.59. The van der Waals surface area contributed by atoms with Gasteiger partial charge in [0.15, 0.2) is 0 Å². The molecule has 0 saturated heterocycles. The first-order chi connectivity index (χ1) is 13.2. The Kier molecular flexibility index (Phi) is 4.84. The Labute approximate surface area is 160 Å². The minimum absolute atomic E-state index is 0.223.